The molecule has 0 aliphatic heterocycles. The Labute approximate surface area is 110 Å². The minimum Gasteiger partial charge on any atom is -0.319 e. The molecule has 1 aromatic heterocycles. The third-order valence-corrected chi connectivity index (χ3v) is 2.91. The zero-order chi connectivity index (χ0) is 13.8. The highest BCUT2D eigenvalue weighted by Crippen LogP contribution is 2.13. The van der Waals surface area contributed by atoms with Gasteiger partial charge < -0.3 is 9.88 Å². The summed E-state index contributed by atoms with van der Waals surface area (Å²) in [4.78, 5) is 0. The number of nitriles is 1. The average Bonchev–Trinajstić information content (AvgIpc) is 2.83. The molecule has 1 unspecified atom stereocenters. The fraction of sp³-hybridized carbons (Fsp3) is 0.308. The predicted octanol–water partition coefficient (Wildman–Crippen LogP) is 1.68. The molecule has 0 spiro atoms. The highest BCUT2D eigenvalue weighted by atomic mass is 19.1. The molecule has 0 saturated heterocycles. The zero-order valence-electron chi connectivity index (χ0n) is 10.8. The van der Waals surface area contributed by atoms with Gasteiger partial charge in [0.05, 0.1) is 17.7 Å². The molecule has 1 aromatic carbocycles. The van der Waals surface area contributed by atoms with Crippen LogP contribution >= 0.6 is 0 Å². The number of aryl methyl sites for hydroxylation is 1. The number of hydrogen-bond donors (Lipinski definition) is 1. The van der Waals surface area contributed by atoms with E-state index in [1.807, 2.05) is 24.6 Å². The molecule has 0 amide bonds. The first-order chi connectivity index (χ1) is 9.11. The number of halogens is 1. The molecule has 5 nitrogen and oxygen atoms in total. The number of nitrogens with one attached hydrogen (secondary N) is 1. The van der Waals surface area contributed by atoms with E-state index in [1.54, 1.807) is 18.5 Å². The van der Waals surface area contributed by atoms with E-state index in [0.29, 0.717) is 17.7 Å². The van der Waals surface area contributed by atoms with Gasteiger partial charge in [0.2, 0.25) is 0 Å². The lowest BCUT2D eigenvalue weighted by Gasteiger charge is -2.13. The third kappa shape index (κ3) is 2.95. The Kier molecular flexibility index (Phi) is 3.88. The molecule has 0 saturated carbocycles. The molecule has 0 bridgehead atoms. The molecule has 0 aliphatic carbocycles. The van der Waals surface area contributed by atoms with E-state index < -0.39 is 0 Å². The minimum absolute atomic E-state index is 0.0393. The van der Waals surface area contributed by atoms with Gasteiger partial charge in [-0.2, -0.15) is 5.26 Å². The van der Waals surface area contributed by atoms with Crippen molar-refractivity contribution in [3.05, 3.63) is 47.3 Å². The summed E-state index contributed by atoms with van der Waals surface area (Å²) in [5.41, 5.74) is 0.843. The Morgan fingerprint density at radius 1 is 1.53 bits per heavy atom. The Bertz CT molecular complexity index is 614. The predicted molar refractivity (Wildman–Crippen MR) is 67.4 cm³/mol. The van der Waals surface area contributed by atoms with Crippen LogP contribution in [0.25, 0.3) is 0 Å². The minimum atomic E-state index is -0.378. The van der Waals surface area contributed by atoms with Gasteiger partial charge in [-0.05, 0) is 19.1 Å². The van der Waals surface area contributed by atoms with Crippen LogP contribution in [0.5, 0.6) is 0 Å². The first-order valence-electron chi connectivity index (χ1n) is 5.87. The van der Waals surface area contributed by atoms with Crippen molar-refractivity contribution in [3.8, 4) is 6.07 Å². The van der Waals surface area contributed by atoms with Crippen LogP contribution in [-0.4, -0.2) is 14.8 Å². The maximum absolute atomic E-state index is 13.7. The normalized spacial score (nSPS) is 12.1. The molecule has 98 valence electrons. The quantitative estimate of drug-likeness (QED) is 0.907. The molecule has 19 heavy (non-hydrogen) atoms. The van der Waals surface area contributed by atoms with Crippen molar-refractivity contribution in [3.63, 3.8) is 0 Å². The van der Waals surface area contributed by atoms with E-state index in [-0.39, 0.29) is 11.9 Å². The SMILES string of the molecule is CC(NCc1ccc(C#N)cc1F)c1nncn1C. The lowest BCUT2D eigenvalue weighted by molar-refractivity contribution is 0.512. The monoisotopic (exact) mass is 259 g/mol. The van der Waals surface area contributed by atoms with Crippen molar-refractivity contribution in [1.82, 2.24) is 20.1 Å². The van der Waals surface area contributed by atoms with Crippen LogP contribution in [0.3, 0.4) is 0 Å². The van der Waals surface area contributed by atoms with E-state index in [9.17, 15) is 4.39 Å². The van der Waals surface area contributed by atoms with Crippen molar-refractivity contribution < 1.29 is 4.39 Å². The smallest absolute Gasteiger partial charge is 0.149 e. The topological polar surface area (TPSA) is 66.5 Å². The van der Waals surface area contributed by atoms with Gasteiger partial charge in [0.15, 0.2) is 0 Å². The van der Waals surface area contributed by atoms with Gasteiger partial charge in [-0.25, -0.2) is 4.39 Å². The van der Waals surface area contributed by atoms with Gasteiger partial charge in [-0.15, -0.1) is 10.2 Å². The van der Waals surface area contributed by atoms with Crippen molar-refractivity contribution in [1.29, 1.82) is 5.26 Å². The Morgan fingerprint density at radius 3 is 2.89 bits per heavy atom. The fourth-order valence-electron chi connectivity index (χ4n) is 1.80. The van der Waals surface area contributed by atoms with Crippen LogP contribution in [0.2, 0.25) is 0 Å². The summed E-state index contributed by atoms with van der Waals surface area (Å²) in [7, 11) is 1.86. The van der Waals surface area contributed by atoms with Crippen molar-refractivity contribution in [2.45, 2.75) is 19.5 Å². The molecule has 0 aliphatic rings. The summed E-state index contributed by atoms with van der Waals surface area (Å²) in [6.45, 7) is 2.30. The van der Waals surface area contributed by atoms with Gasteiger partial charge in [0.25, 0.3) is 0 Å². The van der Waals surface area contributed by atoms with Gasteiger partial charge in [0.1, 0.15) is 18.0 Å². The van der Waals surface area contributed by atoms with Gasteiger partial charge in [0, 0.05) is 19.2 Å². The maximum atomic E-state index is 13.7. The van der Waals surface area contributed by atoms with E-state index >= 15 is 0 Å². The molecule has 2 rings (SSSR count). The molecule has 1 N–H and O–H groups in total. The second kappa shape index (κ2) is 5.59. The summed E-state index contributed by atoms with van der Waals surface area (Å²) in [6, 6.07) is 6.33. The molecule has 2 aromatic rings. The van der Waals surface area contributed by atoms with E-state index in [1.165, 1.54) is 6.07 Å². The van der Waals surface area contributed by atoms with Crippen molar-refractivity contribution in [2.75, 3.05) is 0 Å². The molecule has 0 radical (unpaired) electrons. The molecule has 0 fully saturated rings. The van der Waals surface area contributed by atoms with Gasteiger partial charge in [-0.3, -0.25) is 0 Å². The molecule has 1 heterocycles. The van der Waals surface area contributed by atoms with Crippen LogP contribution in [0.15, 0.2) is 24.5 Å². The summed E-state index contributed by atoms with van der Waals surface area (Å²) < 4.78 is 15.5. The van der Waals surface area contributed by atoms with Crippen LogP contribution < -0.4 is 5.32 Å². The Morgan fingerprint density at radius 2 is 2.32 bits per heavy atom. The summed E-state index contributed by atoms with van der Waals surface area (Å²) in [5.74, 6) is 0.408. The second-order valence-electron chi connectivity index (χ2n) is 4.32. The van der Waals surface area contributed by atoms with Crippen LogP contribution in [0, 0.1) is 17.1 Å². The average molecular weight is 259 g/mol. The van der Waals surface area contributed by atoms with E-state index in [2.05, 4.69) is 15.5 Å². The Balaban J connectivity index is 2.03. The van der Waals surface area contributed by atoms with E-state index in [4.69, 9.17) is 5.26 Å². The first kappa shape index (κ1) is 13.2. The third-order valence-electron chi connectivity index (χ3n) is 2.91. The number of rotatable bonds is 4. The van der Waals surface area contributed by atoms with Crippen LogP contribution in [-0.2, 0) is 13.6 Å². The molecule has 1 atom stereocenters. The molecular formula is C13H14FN5. The van der Waals surface area contributed by atoms with Crippen LogP contribution in [0.1, 0.15) is 29.9 Å². The molecule has 6 heteroatoms. The number of nitrogens with zero attached hydrogens (tertiary/aromatic N) is 4. The van der Waals surface area contributed by atoms with Crippen molar-refractivity contribution in [2.24, 2.45) is 7.05 Å². The summed E-state index contributed by atoms with van der Waals surface area (Å²) in [6.07, 6.45) is 1.62. The lowest BCUT2D eigenvalue weighted by atomic mass is 10.1. The van der Waals surface area contributed by atoms with Gasteiger partial charge >= 0.3 is 0 Å². The Hall–Kier alpha value is -2.26. The van der Waals surface area contributed by atoms with E-state index in [0.717, 1.165) is 5.82 Å². The van der Waals surface area contributed by atoms with Gasteiger partial charge in [-0.1, -0.05) is 6.07 Å². The number of aromatic nitrogens is 3. The lowest BCUT2D eigenvalue weighted by Crippen LogP contribution is -2.21. The largest absolute Gasteiger partial charge is 0.319 e. The van der Waals surface area contributed by atoms with Crippen LogP contribution in [0.4, 0.5) is 4.39 Å². The van der Waals surface area contributed by atoms with Crippen molar-refractivity contribution >= 4 is 0 Å². The highest BCUT2D eigenvalue weighted by molar-refractivity contribution is 5.32. The number of hydrogen-bond acceptors (Lipinski definition) is 4. The zero-order valence-corrected chi connectivity index (χ0v) is 10.8. The fourth-order valence-corrected chi connectivity index (χ4v) is 1.80. The summed E-state index contributed by atoms with van der Waals surface area (Å²) in [5, 5.41) is 19.6. The highest BCUT2D eigenvalue weighted by Gasteiger charge is 2.11. The molecular weight excluding hydrogens is 245 g/mol. The maximum Gasteiger partial charge on any atom is 0.149 e. The number of benzene rings is 1. The standard InChI is InChI=1S/C13H14FN5/c1-9(13-18-17-8-19(13)2)16-7-11-4-3-10(6-15)5-12(11)14/h3-5,8-9,16H,7H2,1-2H3. The second-order valence-corrected chi connectivity index (χ2v) is 4.32. The first-order valence-corrected chi connectivity index (χ1v) is 5.87. The summed E-state index contributed by atoms with van der Waals surface area (Å²) >= 11 is 0.